The zero-order valence-corrected chi connectivity index (χ0v) is 23.4. The van der Waals surface area contributed by atoms with Crippen molar-refractivity contribution in [1.29, 1.82) is 0 Å². The summed E-state index contributed by atoms with van der Waals surface area (Å²) in [4.78, 5) is 11.6. The van der Waals surface area contributed by atoms with Crippen molar-refractivity contribution in [2.75, 3.05) is 23.7 Å². The van der Waals surface area contributed by atoms with Crippen LogP contribution in [0.5, 0.6) is 0 Å². The van der Waals surface area contributed by atoms with E-state index >= 15 is 0 Å². The Morgan fingerprint density at radius 1 is 0.950 bits per heavy atom. The summed E-state index contributed by atoms with van der Waals surface area (Å²) < 4.78 is 39.6. The number of likely N-dealkylation sites (tertiary alicyclic amines) is 1. The molecule has 11 heteroatoms. The van der Waals surface area contributed by atoms with Gasteiger partial charge in [0.15, 0.2) is 0 Å². The number of hydrogen-bond donors (Lipinski definition) is 3. The van der Waals surface area contributed by atoms with Crippen molar-refractivity contribution in [2.24, 2.45) is 0 Å². The molecule has 3 aromatic rings. The lowest BCUT2D eigenvalue weighted by Crippen LogP contribution is -2.33. The maximum atomic E-state index is 13.2. The number of aliphatic hydroxyl groups is 1. The molecule has 2 fully saturated rings. The third-order valence-corrected chi connectivity index (χ3v) is 8.09. The average molecular weight is 595 g/mol. The number of nitrogens with zero attached hydrogens (tertiary/aromatic N) is 3. The van der Waals surface area contributed by atoms with Gasteiger partial charge in [-0.2, -0.15) is 18.2 Å². The highest BCUT2D eigenvalue weighted by molar-refractivity contribution is 6.34. The molecule has 3 N–H and O–H groups in total. The van der Waals surface area contributed by atoms with Gasteiger partial charge in [0, 0.05) is 40.1 Å². The van der Waals surface area contributed by atoms with Gasteiger partial charge >= 0.3 is 6.18 Å². The number of alkyl halides is 3. The molecule has 2 aromatic carbocycles. The normalized spacial score (nSPS) is 20.9. The molecule has 0 bridgehead atoms. The van der Waals surface area contributed by atoms with Crippen LogP contribution in [0.4, 0.5) is 30.6 Å². The van der Waals surface area contributed by atoms with Gasteiger partial charge in [0.2, 0.25) is 5.95 Å². The minimum absolute atomic E-state index is 0.158. The Kier molecular flexibility index (Phi) is 9.05. The Balaban J connectivity index is 1.32. The molecule has 0 atom stereocenters. The second-order valence-corrected chi connectivity index (χ2v) is 11.6. The fourth-order valence-electron chi connectivity index (χ4n) is 5.54. The maximum Gasteiger partial charge on any atom is 0.416 e. The van der Waals surface area contributed by atoms with Gasteiger partial charge in [0.25, 0.3) is 0 Å². The van der Waals surface area contributed by atoms with Crippen LogP contribution in [0, 0.1) is 0 Å². The first-order valence-electron chi connectivity index (χ1n) is 13.6. The highest BCUT2D eigenvalue weighted by atomic mass is 35.5. The van der Waals surface area contributed by atoms with Crippen LogP contribution in [0.25, 0.3) is 0 Å². The first-order valence-corrected chi connectivity index (χ1v) is 14.3. The van der Waals surface area contributed by atoms with Gasteiger partial charge in [-0.3, -0.25) is 4.90 Å². The minimum atomic E-state index is -4.44. The van der Waals surface area contributed by atoms with E-state index in [4.69, 9.17) is 28.2 Å². The van der Waals surface area contributed by atoms with Crippen LogP contribution in [-0.2, 0) is 12.7 Å². The number of anilines is 3. The molecule has 2 heterocycles. The molecule has 214 valence electrons. The monoisotopic (exact) mass is 593 g/mol. The Bertz CT molecular complexity index is 1290. The third-order valence-electron chi connectivity index (χ3n) is 7.66. The zero-order valence-electron chi connectivity index (χ0n) is 21.9. The summed E-state index contributed by atoms with van der Waals surface area (Å²) in [6.45, 7) is 2.53. The Hall–Kier alpha value is -2.59. The summed E-state index contributed by atoms with van der Waals surface area (Å²) in [7, 11) is 0. The molecule has 0 spiro atoms. The van der Waals surface area contributed by atoms with Crippen molar-refractivity contribution in [3.8, 4) is 0 Å². The molecule has 1 saturated carbocycles. The van der Waals surface area contributed by atoms with E-state index in [1.807, 2.05) is 12.1 Å². The first-order chi connectivity index (χ1) is 19.1. The third kappa shape index (κ3) is 7.57. The molecule has 5 rings (SSSR count). The molecule has 1 aliphatic carbocycles. The molecule has 0 radical (unpaired) electrons. The molecule has 40 heavy (non-hydrogen) atoms. The van der Waals surface area contributed by atoms with Gasteiger partial charge in [0.1, 0.15) is 5.82 Å². The van der Waals surface area contributed by atoms with Crippen molar-refractivity contribution >= 4 is 40.7 Å². The molecule has 2 aliphatic rings. The summed E-state index contributed by atoms with van der Waals surface area (Å²) in [5, 5.41) is 17.7. The Morgan fingerprint density at radius 3 is 2.33 bits per heavy atom. The summed E-state index contributed by atoms with van der Waals surface area (Å²) in [6, 6.07) is 10.8. The standard InChI is InChI=1S/C29H32Cl2F3N5O/c30-21-12-18(13-22(31)15-21)17-39-10-8-19(9-11-39)26-16-35-28(37-24-3-1-2-20(14-24)29(32,33)34)38-27(26)36-23-4-6-25(40)7-5-23/h1-3,12-16,19,23,25,40H,4-11,17H2,(H2,35,36,37,38). The number of aliphatic hydroxyl groups excluding tert-OH is 1. The van der Waals surface area contributed by atoms with E-state index in [0.717, 1.165) is 81.4 Å². The fraction of sp³-hybridized carbons (Fsp3) is 0.448. The summed E-state index contributed by atoms with van der Waals surface area (Å²) in [6.07, 6.45) is 1.99. The Labute approximate surface area is 241 Å². The van der Waals surface area contributed by atoms with Gasteiger partial charge in [0.05, 0.1) is 11.7 Å². The van der Waals surface area contributed by atoms with Crippen LogP contribution in [0.1, 0.15) is 61.1 Å². The van der Waals surface area contributed by atoms with E-state index in [2.05, 4.69) is 20.5 Å². The van der Waals surface area contributed by atoms with E-state index < -0.39 is 11.7 Å². The lowest BCUT2D eigenvalue weighted by Gasteiger charge is -2.33. The lowest BCUT2D eigenvalue weighted by molar-refractivity contribution is -0.137. The number of halogens is 5. The zero-order chi connectivity index (χ0) is 28.3. The van der Waals surface area contributed by atoms with Gasteiger partial charge in [-0.1, -0.05) is 29.3 Å². The van der Waals surface area contributed by atoms with Crippen molar-refractivity contribution < 1.29 is 18.3 Å². The molecule has 6 nitrogen and oxygen atoms in total. The average Bonchev–Trinajstić information content (AvgIpc) is 2.90. The molecule has 1 aromatic heterocycles. The second-order valence-electron chi connectivity index (χ2n) is 10.7. The van der Waals surface area contributed by atoms with Crippen molar-refractivity contribution in [3.05, 3.63) is 75.4 Å². The molecular weight excluding hydrogens is 562 g/mol. The smallest absolute Gasteiger partial charge is 0.393 e. The summed E-state index contributed by atoms with van der Waals surface area (Å²) >= 11 is 12.4. The van der Waals surface area contributed by atoms with Crippen LogP contribution in [0.2, 0.25) is 10.0 Å². The number of benzene rings is 2. The van der Waals surface area contributed by atoms with Crippen molar-refractivity contribution in [2.45, 2.75) is 69.3 Å². The minimum Gasteiger partial charge on any atom is -0.393 e. The molecule has 0 unspecified atom stereocenters. The summed E-state index contributed by atoms with van der Waals surface area (Å²) in [5.41, 5.74) is 1.61. The number of nitrogens with one attached hydrogen (secondary N) is 2. The van der Waals surface area contributed by atoms with Crippen LogP contribution >= 0.6 is 23.2 Å². The van der Waals surface area contributed by atoms with Gasteiger partial charge in [-0.05, 0) is 99.5 Å². The topological polar surface area (TPSA) is 73.3 Å². The van der Waals surface area contributed by atoms with E-state index in [-0.39, 0.29) is 29.7 Å². The fourth-order valence-corrected chi connectivity index (χ4v) is 6.12. The predicted octanol–water partition coefficient (Wildman–Crippen LogP) is 7.64. The quantitative estimate of drug-likeness (QED) is 0.261. The van der Waals surface area contributed by atoms with Gasteiger partial charge in [-0.15, -0.1) is 0 Å². The largest absolute Gasteiger partial charge is 0.416 e. The van der Waals surface area contributed by atoms with E-state index in [9.17, 15) is 18.3 Å². The van der Waals surface area contributed by atoms with Crippen molar-refractivity contribution in [3.63, 3.8) is 0 Å². The number of piperidine rings is 1. The highest BCUT2D eigenvalue weighted by Crippen LogP contribution is 2.35. The molecule has 0 amide bonds. The van der Waals surface area contributed by atoms with Crippen LogP contribution in [0.3, 0.4) is 0 Å². The van der Waals surface area contributed by atoms with Crippen LogP contribution in [-0.4, -0.2) is 45.2 Å². The van der Waals surface area contributed by atoms with Crippen LogP contribution < -0.4 is 10.6 Å². The maximum absolute atomic E-state index is 13.2. The van der Waals surface area contributed by atoms with E-state index in [1.54, 1.807) is 18.3 Å². The highest BCUT2D eigenvalue weighted by Gasteiger charge is 2.31. The second kappa shape index (κ2) is 12.5. The summed E-state index contributed by atoms with van der Waals surface area (Å²) in [5.74, 6) is 1.17. The van der Waals surface area contributed by atoms with Crippen molar-refractivity contribution in [1.82, 2.24) is 14.9 Å². The predicted molar refractivity (Wildman–Crippen MR) is 152 cm³/mol. The Morgan fingerprint density at radius 2 is 1.65 bits per heavy atom. The number of aromatic nitrogens is 2. The molecule has 1 aliphatic heterocycles. The SMILES string of the molecule is OC1CCC(Nc2nc(Nc3cccc(C(F)(F)F)c3)ncc2C2CCN(Cc3cc(Cl)cc(Cl)c3)CC2)CC1. The number of rotatable bonds is 7. The molecular formula is C29H32Cl2F3N5O. The first kappa shape index (κ1) is 28.9. The lowest BCUT2D eigenvalue weighted by atomic mass is 9.89. The molecule has 1 saturated heterocycles. The van der Waals surface area contributed by atoms with Gasteiger partial charge < -0.3 is 15.7 Å². The van der Waals surface area contributed by atoms with Gasteiger partial charge in [-0.25, -0.2) is 4.98 Å². The van der Waals surface area contributed by atoms with E-state index in [1.165, 1.54) is 6.07 Å². The van der Waals surface area contributed by atoms with Crippen LogP contribution in [0.15, 0.2) is 48.7 Å². The number of hydrogen-bond acceptors (Lipinski definition) is 6. The van der Waals surface area contributed by atoms with E-state index in [0.29, 0.717) is 15.9 Å².